The Bertz CT molecular complexity index is 2230. The summed E-state index contributed by atoms with van der Waals surface area (Å²) < 4.78 is 21.3. The van der Waals surface area contributed by atoms with Gasteiger partial charge in [0.2, 0.25) is 11.9 Å². The molecule has 20 heteroatoms. The Labute approximate surface area is 300 Å². The van der Waals surface area contributed by atoms with Crippen molar-refractivity contribution >= 4 is 64.1 Å². The molecule has 2 unspecified atom stereocenters. The Balaban J connectivity index is 1.06. The van der Waals surface area contributed by atoms with Gasteiger partial charge in [0, 0.05) is 24.1 Å². The molecule has 0 bridgehead atoms. The van der Waals surface area contributed by atoms with E-state index in [1.807, 2.05) is 6.07 Å². The smallest absolute Gasteiger partial charge is 0.280 e. The first-order chi connectivity index (χ1) is 24.9. The normalized spacial score (nSPS) is 24.4. The molecule has 1 aromatic carbocycles. The van der Waals surface area contributed by atoms with Crippen LogP contribution in [0.25, 0.3) is 22.2 Å². The fourth-order valence-electron chi connectivity index (χ4n) is 6.21. The molecule has 0 radical (unpaired) electrons. The molecule has 0 saturated carbocycles. The molecule has 6 heterocycles. The number of amides is 2. The summed E-state index contributed by atoms with van der Waals surface area (Å²) in [7, 11) is 0. The first-order valence-electron chi connectivity index (χ1n) is 16.5. The molecule has 2 amide bonds. The van der Waals surface area contributed by atoms with Gasteiger partial charge < -0.3 is 39.0 Å². The van der Waals surface area contributed by atoms with Crippen molar-refractivity contribution in [2.45, 2.75) is 63.1 Å². The number of benzene rings is 1. The number of aliphatic hydroxyl groups excluding tert-OH is 2. The van der Waals surface area contributed by atoms with E-state index in [4.69, 9.17) is 25.8 Å². The van der Waals surface area contributed by atoms with Crippen LogP contribution < -0.4 is 16.2 Å². The van der Waals surface area contributed by atoms with Crippen LogP contribution in [0, 0.1) is 5.92 Å². The van der Waals surface area contributed by atoms with Gasteiger partial charge in [-0.1, -0.05) is 32.0 Å². The first-order valence-corrected chi connectivity index (χ1v) is 19.2. The molecular weight excluding hydrogens is 717 g/mol. The van der Waals surface area contributed by atoms with E-state index >= 15 is 0 Å². The Hall–Kier alpha value is -4.46. The highest BCUT2D eigenvalue weighted by Gasteiger charge is 2.47. The summed E-state index contributed by atoms with van der Waals surface area (Å²) in [6, 6.07) is 10.5. The summed E-state index contributed by atoms with van der Waals surface area (Å²) in [5, 5.41) is 26.9. The van der Waals surface area contributed by atoms with E-state index in [1.54, 1.807) is 54.9 Å². The van der Waals surface area contributed by atoms with E-state index in [1.165, 1.54) is 17.2 Å². The average molecular weight is 754 g/mol. The lowest BCUT2D eigenvalue weighted by Gasteiger charge is -2.28. The summed E-state index contributed by atoms with van der Waals surface area (Å²) in [6.45, 7) is -1.03. The number of hydrogen-bond acceptors (Lipinski definition) is 13. The van der Waals surface area contributed by atoms with Crippen LogP contribution in [-0.4, -0.2) is 98.2 Å². The van der Waals surface area contributed by atoms with E-state index in [2.05, 4.69) is 35.6 Å². The van der Waals surface area contributed by atoms with Crippen LogP contribution in [0.5, 0.6) is 0 Å². The highest BCUT2D eigenvalue weighted by molar-refractivity contribution is 8.09. The summed E-state index contributed by atoms with van der Waals surface area (Å²) in [6.07, 6.45) is 0.330. The maximum atomic E-state index is 12.8. The minimum Gasteiger partial charge on any atom is -0.394 e. The Kier molecular flexibility index (Phi) is 10.0. The maximum Gasteiger partial charge on any atom is 0.280 e. The van der Waals surface area contributed by atoms with E-state index < -0.39 is 48.5 Å². The quantitative estimate of drug-likeness (QED) is 0.106. The largest absolute Gasteiger partial charge is 0.394 e. The number of nitrogens with zero attached hydrogens (tertiary/aromatic N) is 6. The fraction of sp³-hybridized carbons (Fsp3) is 0.406. The number of hydrogen-bond donors (Lipinski definition) is 6. The lowest BCUT2D eigenvalue weighted by Crippen LogP contribution is -2.28. The fourth-order valence-corrected chi connectivity index (χ4v) is 8.55. The van der Waals surface area contributed by atoms with E-state index in [-0.39, 0.29) is 60.9 Å². The predicted octanol–water partition coefficient (Wildman–Crippen LogP) is 2.03. The minimum atomic E-state index is -3.76. The number of aromatic nitrogens is 7. The van der Waals surface area contributed by atoms with Gasteiger partial charge in [-0.15, -0.1) is 0 Å². The molecule has 52 heavy (non-hydrogen) atoms. The van der Waals surface area contributed by atoms with E-state index in [0.717, 1.165) is 0 Å². The third-order valence-corrected chi connectivity index (χ3v) is 11.9. The first kappa shape index (κ1) is 35.9. The number of anilines is 2. The Morgan fingerprint density at radius 3 is 2.63 bits per heavy atom. The minimum absolute atomic E-state index is 0.0356. The van der Waals surface area contributed by atoms with Gasteiger partial charge in [0.15, 0.2) is 17.7 Å². The summed E-state index contributed by atoms with van der Waals surface area (Å²) >= 11 is 5.65. The third-order valence-electron chi connectivity index (χ3n) is 8.98. The van der Waals surface area contributed by atoms with Gasteiger partial charge in [0.1, 0.15) is 36.4 Å². The predicted molar refractivity (Wildman–Crippen MR) is 190 cm³/mol. The second-order valence-corrected chi connectivity index (χ2v) is 16.4. The molecule has 6 N–H and O–H groups in total. The zero-order chi connectivity index (χ0) is 36.7. The maximum absolute atomic E-state index is 12.8. The number of carbonyl (C=O) groups is 2. The number of H-pyrrole nitrogens is 1. The number of aliphatic hydroxyl groups is 2. The molecule has 18 nitrogen and oxygen atoms in total. The Morgan fingerprint density at radius 2 is 1.88 bits per heavy atom. The number of aromatic amines is 1. The van der Waals surface area contributed by atoms with Crippen LogP contribution in [0.4, 0.5) is 11.8 Å². The molecule has 5 aromatic rings. The van der Waals surface area contributed by atoms with Crippen molar-refractivity contribution in [3.05, 3.63) is 71.2 Å². The second-order valence-electron chi connectivity index (χ2n) is 12.8. The van der Waals surface area contributed by atoms with Crippen molar-refractivity contribution in [1.82, 2.24) is 34.1 Å². The van der Waals surface area contributed by atoms with Crippen LogP contribution in [0.2, 0.25) is 0 Å². The van der Waals surface area contributed by atoms with Gasteiger partial charge in [-0.25, -0.2) is 15.0 Å². The van der Waals surface area contributed by atoms with Crippen molar-refractivity contribution in [3.8, 4) is 0 Å². The molecule has 0 aliphatic carbocycles. The molecule has 7 atom stereocenters. The summed E-state index contributed by atoms with van der Waals surface area (Å²) in [5.41, 5.74) is -0.515. The lowest BCUT2D eigenvalue weighted by atomic mass is 10.2. The van der Waals surface area contributed by atoms with Gasteiger partial charge in [0.05, 0.1) is 42.8 Å². The summed E-state index contributed by atoms with van der Waals surface area (Å²) in [4.78, 5) is 69.2. The van der Waals surface area contributed by atoms with Gasteiger partial charge in [-0.2, -0.15) is 4.98 Å². The van der Waals surface area contributed by atoms with Gasteiger partial charge >= 0.3 is 0 Å². The lowest BCUT2D eigenvalue weighted by molar-refractivity contribution is -0.118. The van der Waals surface area contributed by atoms with Crippen LogP contribution >= 0.6 is 6.49 Å². The average Bonchev–Trinajstić information content (AvgIpc) is 3.92. The zero-order valence-corrected chi connectivity index (χ0v) is 29.6. The molecule has 4 aromatic heterocycles. The molecule has 7 rings (SSSR count). The SMILES string of the molecule is CC(C)C(=O)Nc1nc2c(ncn2[C@@H]2O[C@H](CO)C[C@H]2P(O)(=S)OCC2O[C@@H](n3ccc4c(NC(=O)c5ccccc5)ncnc43)C[C@@H]2O)c(=O)[nH]1. The molecule has 0 spiro atoms. The van der Waals surface area contributed by atoms with E-state index in [0.29, 0.717) is 22.4 Å². The molecule has 2 fully saturated rings. The van der Waals surface area contributed by atoms with Crippen molar-refractivity contribution in [1.29, 1.82) is 0 Å². The van der Waals surface area contributed by atoms with Gasteiger partial charge in [-0.05, 0) is 36.4 Å². The van der Waals surface area contributed by atoms with Crippen molar-refractivity contribution in [2.75, 3.05) is 23.8 Å². The molecule has 274 valence electrons. The van der Waals surface area contributed by atoms with E-state index in [9.17, 15) is 29.5 Å². The monoisotopic (exact) mass is 753 g/mol. The number of rotatable bonds is 11. The number of carbonyl (C=O) groups excluding carboxylic acids is 2. The topological polar surface area (TPSA) is 241 Å². The number of imidazole rings is 1. The van der Waals surface area contributed by atoms with Crippen molar-refractivity contribution in [2.24, 2.45) is 5.92 Å². The molecule has 2 aliphatic heterocycles. The number of fused-ring (bicyclic) bond motifs is 2. The van der Waals surface area contributed by atoms with Crippen molar-refractivity contribution in [3.63, 3.8) is 0 Å². The second kappa shape index (κ2) is 14.5. The summed E-state index contributed by atoms with van der Waals surface area (Å²) in [5.74, 6) is -0.852. The molecule has 2 saturated heterocycles. The third kappa shape index (κ3) is 7.01. The highest BCUT2D eigenvalue weighted by Crippen LogP contribution is 2.57. The van der Waals surface area contributed by atoms with Crippen molar-refractivity contribution < 1.29 is 38.7 Å². The van der Waals surface area contributed by atoms with Crippen LogP contribution in [0.1, 0.15) is 49.5 Å². The molecular formula is C32H36N9O9PS. The van der Waals surface area contributed by atoms with Crippen LogP contribution in [0.3, 0.4) is 0 Å². The van der Waals surface area contributed by atoms with Gasteiger partial charge in [-0.3, -0.25) is 29.3 Å². The Morgan fingerprint density at radius 1 is 1.10 bits per heavy atom. The number of nitrogens with one attached hydrogen (secondary N) is 3. The van der Waals surface area contributed by atoms with Crippen LogP contribution in [-0.2, 0) is 30.6 Å². The number of ether oxygens (including phenoxy) is 2. The van der Waals surface area contributed by atoms with Crippen LogP contribution in [0.15, 0.2) is 60.0 Å². The molecule has 2 aliphatic rings. The van der Waals surface area contributed by atoms with Gasteiger partial charge in [0.25, 0.3) is 11.5 Å². The standard InChI is InChI=1S/C32H36N9O9PS/c1-16(2)28(44)38-32-37-27-24(30(46)39-32)35-15-41(27)31-22(10-18(12-42)49-31)51(47,52)48-13-21-20(43)11-23(50-21)40-9-8-19-25(33-14-34-26(19)40)36-29(45)17-6-4-3-5-7-17/h3-9,14-16,18,20-23,31,42-43H,10-13H2,1-2H3,(H,47,52)(H,33,34,36,45)(H2,37,38,39,44,46)/t18-,20-,21?,22+,23+,31+,51?/m0/s1. The highest BCUT2D eigenvalue weighted by atomic mass is 32.5. The zero-order valence-electron chi connectivity index (χ0n) is 27.9.